The van der Waals surface area contributed by atoms with Gasteiger partial charge in [-0.1, -0.05) is 31.0 Å². The van der Waals surface area contributed by atoms with E-state index in [4.69, 9.17) is 0 Å². The topological polar surface area (TPSA) is 42.5 Å². The van der Waals surface area contributed by atoms with Crippen molar-refractivity contribution in [2.45, 2.75) is 50.7 Å². The molecule has 4 rings (SSSR count). The van der Waals surface area contributed by atoms with E-state index < -0.39 is 0 Å². The monoisotopic (exact) mass is 327 g/mol. The Bertz CT molecular complexity index is 662. The van der Waals surface area contributed by atoms with Crippen molar-refractivity contribution in [3.8, 4) is 0 Å². The van der Waals surface area contributed by atoms with E-state index in [0.29, 0.717) is 12.6 Å². The van der Waals surface area contributed by atoms with Gasteiger partial charge in [-0.05, 0) is 30.9 Å². The number of benzene rings is 1. The number of fused-ring (bicyclic) bond motifs is 1. The van der Waals surface area contributed by atoms with Crippen LogP contribution < -0.4 is 0 Å². The molecular formula is C20H29N3O. The molecule has 2 N–H and O–H groups in total. The predicted molar refractivity (Wildman–Crippen MR) is 98.0 cm³/mol. The number of aliphatic hydroxyl groups is 1. The molecule has 4 heteroatoms. The minimum Gasteiger partial charge on any atom is -0.396 e. The molecule has 1 unspecified atom stereocenters. The number of aromatic nitrogens is 1. The van der Waals surface area contributed by atoms with Gasteiger partial charge < -0.3 is 10.1 Å². The highest BCUT2D eigenvalue weighted by molar-refractivity contribution is 5.82. The SMILES string of the molecule is OCCC1CN(Cc2c[nH]c3ccccc23)CCN1C1CCCC1. The number of nitrogens with zero attached hydrogens (tertiary/aromatic N) is 2. The van der Waals surface area contributed by atoms with Crippen molar-refractivity contribution in [3.63, 3.8) is 0 Å². The van der Waals surface area contributed by atoms with E-state index in [-0.39, 0.29) is 0 Å². The number of nitrogens with one attached hydrogen (secondary N) is 1. The summed E-state index contributed by atoms with van der Waals surface area (Å²) in [6, 6.07) is 9.83. The molecule has 2 aliphatic rings. The van der Waals surface area contributed by atoms with Crippen molar-refractivity contribution >= 4 is 10.9 Å². The highest BCUT2D eigenvalue weighted by atomic mass is 16.3. The molecule has 1 saturated heterocycles. The van der Waals surface area contributed by atoms with Crippen LogP contribution in [0.5, 0.6) is 0 Å². The first-order valence-electron chi connectivity index (χ1n) is 9.49. The number of piperazine rings is 1. The Hall–Kier alpha value is -1.36. The second kappa shape index (κ2) is 7.26. The maximum Gasteiger partial charge on any atom is 0.0457 e. The Morgan fingerprint density at radius 3 is 2.79 bits per heavy atom. The number of hydrogen-bond acceptors (Lipinski definition) is 3. The molecule has 0 radical (unpaired) electrons. The number of aromatic amines is 1. The standard InChI is InChI=1S/C20H29N3O/c24-12-9-18-15-22(10-11-23(18)17-5-1-2-6-17)14-16-13-21-20-8-4-3-7-19(16)20/h3-4,7-8,13,17-18,21,24H,1-2,5-6,9-12,14-15H2. The molecule has 4 nitrogen and oxygen atoms in total. The van der Waals surface area contributed by atoms with Crippen LogP contribution in [-0.2, 0) is 6.54 Å². The summed E-state index contributed by atoms with van der Waals surface area (Å²) in [5, 5.41) is 10.9. The maximum absolute atomic E-state index is 9.51. The molecule has 1 aromatic heterocycles. The van der Waals surface area contributed by atoms with Crippen molar-refractivity contribution in [1.82, 2.24) is 14.8 Å². The molecule has 1 atom stereocenters. The number of para-hydroxylation sites is 1. The van der Waals surface area contributed by atoms with Crippen LogP contribution in [0, 0.1) is 0 Å². The average Bonchev–Trinajstić information content (AvgIpc) is 3.26. The zero-order valence-corrected chi connectivity index (χ0v) is 14.5. The second-order valence-corrected chi connectivity index (χ2v) is 7.44. The van der Waals surface area contributed by atoms with Crippen molar-refractivity contribution in [2.24, 2.45) is 0 Å². The first-order valence-corrected chi connectivity index (χ1v) is 9.49. The van der Waals surface area contributed by atoms with Gasteiger partial charge >= 0.3 is 0 Å². The third-order valence-corrected chi connectivity index (χ3v) is 5.94. The minimum atomic E-state index is 0.300. The molecule has 0 spiro atoms. The zero-order valence-electron chi connectivity index (χ0n) is 14.5. The van der Waals surface area contributed by atoms with Gasteiger partial charge in [0.1, 0.15) is 0 Å². The smallest absolute Gasteiger partial charge is 0.0457 e. The number of aliphatic hydroxyl groups excluding tert-OH is 1. The summed E-state index contributed by atoms with van der Waals surface area (Å²) in [6.45, 7) is 4.67. The molecule has 0 bridgehead atoms. The Morgan fingerprint density at radius 2 is 1.96 bits per heavy atom. The lowest BCUT2D eigenvalue weighted by molar-refractivity contribution is 0.0269. The highest BCUT2D eigenvalue weighted by Gasteiger charge is 2.33. The van der Waals surface area contributed by atoms with Gasteiger partial charge in [-0.2, -0.15) is 0 Å². The van der Waals surface area contributed by atoms with Gasteiger partial charge in [-0.15, -0.1) is 0 Å². The predicted octanol–water partition coefficient (Wildman–Crippen LogP) is 2.98. The summed E-state index contributed by atoms with van der Waals surface area (Å²) in [6.07, 6.45) is 8.53. The summed E-state index contributed by atoms with van der Waals surface area (Å²) in [4.78, 5) is 8.66. The normalized spacial score (nSPS) is 24.1. The fourth-order valence-corrected chi connectivity index (χ4v) is 4.70. The van der Waals surface area contributed by atoms with Crippen molar-refractivity contribution in [1.29, 1.82) is 0 Å². The lowest BCUT2D eigenvalue weighted by atomic mass is 10.0. The summed E-state index contributed by atoms with van der Waals surface area (Å²) in [7, 11) is 0. The second-order valence-electron chi connectivity index (χ2n) is 7.44. The fraction of sp³-hybridized carbons (Fsp3) is 0.600. The number of H-pyrrole nitrogens is 1. The molecule has 130 valence electrons. The van der Waals surface area contributed by atoms with Gasteiger partial charge in [0, 0.05) is 62.0 Å². The first kappa shape index (κ1) is 16.1. The van der Waals surface area contributed by atoms with E-state index in [1.165, 1.54) is 42.1 Å². The van der Waals surface area contributed by atoms with Crippen molar-refractivity contribution in [2.75, 3.05) is 26.2 Å². The Labute approximate surface area is 144 Å². The molecular weight excluding hydrogens is 298 g/mol. The Morgan fingerprint density at radius 1 is 1.12 bits per heavy atom. The average molecular weight is 327 g/mol. The van der Waals surface area contributed by atoms with Gasteiger partial charge in [-0.25, -0.2) is 0 Å². The van der Waals surface area contributed by atoms with Crippen LogP contribution in [0.4, 0.5) is 0 Å². The third-order valence-electron chi connectivity index (χ3n) is 5.94. The molecule has 2 fully saturated rings. The van der Waals surface area contributed by atoms with Crippen LogP contribution in [0.3, 0.4) is 0 Å². The molecule has 1 aromatic carbocycles. The van der Waals surface area contributed by atoms with E-state index in [1.807, 2.05) is 0 Å². The van der Waals surface area contributed by atoms with Crippen molar-refractivity contribution in [3.05, 3.63) is 36.0 Å². The summed E-state index contributed by atoms with van der Waals surface area (Å²) < 4.78 is 0. The third kappa shape index (κ3) is 3.23. The van der Waals surface area contributed by atoms with E-state index in [1.54, 1.807) is 0 Å². The van der Waals surface area contributed by atoms with E-state index in [9.17, 15) is 5.11 Å². The van der Waals surface area contributed by atoms with E-state index in [0.717, 1.165) is 38.6 Å². The van der Waals surface area contributed by atoms with Crippen LogP contribution in [0.15, 0.2) is 30.5 Å². The fourth-order valence-electron chi connectivity index (χ4n) is 4.70. The van der Waals surface area contributed by atoms with Gasteiger partial charge in [0.2, 0.25) is 0 Å². The summed E-state index contributed by atoms with van der Waals surface area (Å²) >= 11 is 0. The molecule has 1 aliphatic heterocycles. The largest absolute Gasteiger partial charge is 0.396 e. The molecule has 0 amide bonds. The molecule has 1 aliphatic carbocycles. The van der Waals surface area contributed by atoms with Crippen LogP contribution in [-0.4, -0.2) is 58.2 Å². The van der Waals surface area contributed by atoms with E-state index >= 15 is 0 Å². The lowest BCUT2D eigenvalue weighted by Crippen LogP contribution is -2.55. The summed E-state index contributed by atoms with van der Waals surface area (Å²) in [5.41, 5.74) is 2.62. The van der Waals surface area contributed by atoms with Crippen LogP contribution in [0.2, 0.25) is 0 Å². The number of hydrogen-bond donors (Lipinski definition) is 2. The maximum atomic E-state index is 9.51. The molecule has 2 heterocycles. The molecule has 2 aromatic rings. The van der Waals surface area contributed by atoms with Crippen LogP contribution in [0.1, 0.15) is 37.7 Å². The Balaban J connectivity index is 1.45. The van der Waals surface area contributed by atoms with Gasteiger partial charge in [0.05, 0.1) is 0 Å². The minimum absolute atomic E-state index is 0.300. The van der Waals surface area contributed by atoms with Gasteiger partial charge in [0.15, 0.2) is 0 Å². The lowest BCUT2D eigenvalue weighted by Gasteiger charge is -2.44. The molecule has 24 heavy (non-hydrogen) atoms. The van der Waals surface area contributed by atoms with Crippen molar-refractivity contribution < 1.29 is 5.11 Å². The molecule has 1 saturated carbocycles. The highest BCUT2D eigenvalue weighted by Crippen LogP contribution is 2.29. The Kier molecular flexibility index (Phi) is 4.88. The van der Waals surface area contributed by atoms with Gasteiger partial charge in [-0.3, -0.25) is 9.80 Å². The summed E-state index contributed by atoms with van der Waals surface area (Å²) in [5.74, 6) is 0. The number of rotatable bonds is 5. The van der Waals surface area contributed by atoms with Crippen LogP contribution >= 0.6 is 0 Å². The first-order chi connectivity index (χ1) is 11.8. The van der Waals surface area contributed by atoms with Gasteiger partial charge in [0.25, 0.3) is 0 Å². The quantitative estimate of drug-likeness (QED) is 0.887. The zero-order chi connectivity index (χ0) is 16.4. The van der Waals surface area contributed by atoms with Crippen LogP contribution in [0.25, 0.3) is 10.9 Å². The van der Waals surface area contributed by atoms with E-state index in [2.05, 4.69) is 45.2 Å².